The molecule has 1 aliphatic rings. The lowest BCUT2D eigenvalue weighted by molar-refractivity contribution is -0.140. The van der Waals surface area contributed by atoms with E-state index in [4.69, 9.17) is 5.73 Å². The second kappa shape index (κ2) is 5.64. The van der Waals surface area contributed by atoms with Crippen LogP contribution in [0.15, 0.2) is 12.1 Å². The highest BCUT2D eigenvalue weighted by atomic mass is 16.4. The van der Waals surface area contributed by atoms with E-state index >= 15 is 0 Å². The highest BCUT2D eigenvalue weighted by Gasteiger charge is 2.32. The minimum absolute atomic E-state index is 0.231. The van der Waals surface area contributed by atoms with Gasteiger partial charge >= 0.3 is 5.97 Å². The van der Waals surface area contributed by atoms with Gasteiger partial charge in [0.25, 0.3) is 0 Å². The molecule has 3 N–H and O–H groups in total. The molecule has 0 aliphatic heterocycles. The van der Waals surface area contributed by atoms with E-state index in [0.717, 1.165) is 42.4 Å². The minimum Gasteiger partial charge on any atom is -0.481 e. The summed E-state index contributed by atoms with van der Waals surface area (Å²) in [6.07, 6.45) is 5.51. The van der Waals surface area contributed by atoms with Gasteiger partial charge in [0.1, 0.15) is 0 Å². The van der Waals surface area contributed by atoms with Gasteiger partial charge in [-0.2, -0.15) is 0 Å². The minimum atomic E-state index is -0.733. The molecule has 1 fully saturated rings. The molecule has 1 unspecified atom stereocenters. The molecule has 1 aromatic rings. The summed E-state index contributed by atoms with van der Waals surface area (Å²) < 4.78 is 0. The summed E-state index contributed by atoms with van der Waals surface area (Å²) in [4.78, 5) is 11.7. The zero-order chi connectivity index (χ0) is 14.0. The Morgan fingerprint density at radius 3 is 2.47 bits per heavy atom. The monoisotopic (exact) mass is 261 g/mol. The van der Waals surface area contributed by atoms with Crippen molar-refractivity contribution in [3.05, 3.63) is 28.8 Å². The summed E-state index contributed by atoms with van der Waals surface area (Å²) in [6.45, 7) is 3.95. The van der Waals surface area contributed by atoms with E-state index in [2.05, 4.69) is 0 Å². The maximum absolute atomic E-state index is 11.7. The number of rotatable bonds is 3. The summed E-state index contributed by atoms with van der Waals surface area (Å²) in [5, 5.41) is 9.63. The first kappa shape index (κ1) is 13.9. The number of carbonyl (C=O) groups is 1. The Bertz CT molecular complexity index is 476. The fraction of sp³-hybridized carbons (Fsp3) is 0.562. The molecule has 19 heavy (non-hydrogen) atoms. The first-order chi connectivity index (χ1) is 9.00. The number of nitrogen functional groups attached to an aromatic ring is 1. The number of carboxylic acids is 1. The maximum atomic E-state index is 11.7. The van der Waals surface area contributed by atoms with Crippen molar-refractivity contribution in [1.82, 2.24) is 0 Å². The summed E-state index contributed by atoms with van der Waals surface area (Å²) in [5.41, 5.74) is 9.68. The highest BCUT2D eigenvalue weighted by Crippen LogP contribution is 2.39. The molecule has 0 radical (unpaired) electrons. The van der Waals surface area contributed by atoms with Crippen LogP contribution in [0.2, 0.25) is 0 Å². The maximum Gasteiger partial charge on any atom is 0.311 e. The van der Waals surface area contributed by atoms with E-state index in [0.29, 0.717) is 5.69 Å². The van der Waals surface area contributed by atoms with Gasteiger partial charge in [-0.05, 0) is 43.7 Å². The average Bonchev–Trinajstić information content (AvgIpc) is 2.36. The predicted octanol–water partition coefficient (Wildman–Crippen LogP) is 3.63. The molecule has 0 spiro atoms. The third-order valence-corrected chi connectivity index (χ3v) is 4.29. The van der Waals surface area contributed by atoms with Crippen LogP contribution in [0.3, 0.4) is 0 Å². The third kappa shape index (κ3) is 2.91. The van der Waals surface area contributed by atoms with Crippen molar-refractivity contribution in [3.63, 3.8) is 0 Å². The first-order valence-corrected chi connectivity index (χ1v) is 7.10. The number of aryl methyl sites for hydroxylation is 2. The second-order valence-corrected chi connectivity index (χ2v) is 5.80. The van der Waals surface area contributed by atoms with E-state index in [-0.39, 0.29) is 5.92 Å². The Morgan fingerprint density at radius 2 is 1.89 bits per heavy atom. The van der Waals surface area contributed by atoms with Crippen LogP contribution in [0.1, 0.15) is 54.7 Å². The van der Waals surface area contributed by atoms with E-state index in [1.807, 2.05) is 26.0 Å². The van der Waals surface area contributed by atoms with Crippen molar-refractivity contribution in [2.75, 3.05) is 5.73 Å². The number of anilines is 1. The van der Waals surface area contributed by atoms with Gasteiger partial charge in [0.15, 0.2) is 0 Å². The Labute approximate surface area is 114 Å². The van der Waals surface area contributed by atoms with Crippen LogP contribution >= 0.6 is 0 Å². The third-order valence-electron chi connectivity index (χ3n) is 4.29. The van der Waals surface area contributed by atoms with Crippen LogP contribution in [-0.2, 0) is 4.79 Å². The molecule has 1 aliphatic carbocycles. The summed E-state index contributed by atoms with van der Waals surface area (Å²) in [5.74, 6) is -0.947. The molecule has 0 aromatic heterocycles. The fourth-order valence-corrected chi connectivity index (χ4v) is 3.33. The van der Waals surface area contributed by atoms with E-state index in [1.165, 1.54) is 6.42 Å². The van der Waals surface area contributed by atoms with Crippen molar-refractivity contribution in [2.45, 2.75) is 51.9 Å². The van der Waals surface area contributed by atoms with Gasteiger partial charge in [-0.25, -0.2) is 0 Å². The topological polar surface area (TPSA) is 63.3 Å². The molecule has 0 saturated heterocycles. The standard InChI is InChI=1S/C16H23NO2/c1-10-8-11(2)15(17)13(9-10)14(16(18)19)12-6-4-3-5-7-12/h8-9,12,14H,3-7,17H2,1-2H3,(H,18,19). The number of aliphatic carboxylic acids is 1. The molecule has 1 saturated carbocycles. The van der Waals surface area contributed by atoms with Crippen LogP contribution in [0.5, 0.6) is 0 Å². The molecular formula is C16H23NO2. The number of carboxylic acid groups (broad SMARTS) is 1. The van der Waals surface area contributed by atoms with Gasteiger partial charge < -0.3 is 10.8 Å². The number of hydrogen-bond donors (Lipinski definition) is 2. The van der Waals surface area contributed by atoms with Crippen molar-refractivity contribution < 1.29 is 9.90 Å². The van der Waals surface area contributed by atoms with Crippen LogP contribution < -0.4 is 5.73 Å². The molecule has 3 nitrogen and oxygen atoms in total. The largest absolute Gasteiger partial charge is 0.481 e. The van der Waals surface area contributed by atoms with Crippen LogP contribution in [-0.4, -0.2) is 11.1 Å². The van der Waals surface area contributed by atoms with Gasteiger partial charge in [0.05, 0.1) is 5.92 Å². The summed E-state index contributed by atoms with van der Waals surface area (Å²) in [6, 6.07) is 3.97. The number of nitrogens with two attached hydrogens (primary N) is 1. The summed E-state index contributed by atoms with van der Waals surface area (Å²) >= 11 is 0. The lowest BCUT2D eigenvalue weighted by Gasteiger charge is -2.29. The molecule has 3 heteroatoms. The fourth-order valence-electron chi connectivity index (χ4n) is 3.33. The first-order valence-electron chi connectivity index (χ1n) is 7.10. The quantitative estimate of drug-likeness (QED) is 0.817. The lowest BCUT2D eigenvalue weighted by atomic mass is 9.76. The van der Waals surface area contributed by atoms with Gasteiger partial charge in [-0.1, -0.05) is 37.0 Å². The Kier molecular flexibility index (Phi) is 4.13. The Hall–Kier alpha value is -1.51. The molecule has 0 bridgehead atoms. The normalized spacial score (nSPS) is 18.2. The van der Waals surface area contributed by atoms with Gasteiger partial charge in [-0.15, -0.1) is 0 Å². The molecule has 2 rings (SSSR count). The van der Waals surface area contributed by atoms with Crippen LogP contribution in [0.25, 0.3) is 0 Å². The SMILES string of the molecule is Cc1cc(C)c(N)c(C(C(=O)O)C2CCCCC2)c1. The number of benzene rings is 1. The van der Waals surface area contributed by atoms with Crippen molar-refractivity contribution >= 4 is 11.7 Å². The Morgan fingerprint density at radius 1 is 1.26 bits per heavy atom. The second-order valence-electron chi connectivity index (χ2n) is 5.80. The van der Waals surface area contributed by atoms with E-state index in [1.54, 1.807) is 0 Å². The Balaban J connectivity index is 2.41. The zero-order valence-electron chi connectivity index (χ0n) is 11.8. The summed E-state index contributed by atoms with van der Waals surface area (Å²) in [7, 11) is 0. The molecule has 1 aromatic carbocycles. The van der Waals surface area contributed by atoms with Crippen LogP contribution in [0, 0.1) is 19.8 Å². The molecule has 0 heterocycles. The van der Waals surface area contributed by atoms with Crippen LogP contribution in [0.4, 0.5) is 5.69 Å². The van der Waals surface area contributed by atoms with Gasteiger partial charge in [0.2, 0.25) is 0 Å². The van der Waals surface area contributed by atoms with E-state index < -0.39 is 11.9 Å². The van der Waals surface area contributed by atoms with E-state index in [9.17, 15) is 9.90 Å². The van der Waals surface area contributed by atoms with Gasteiger partial charge in [-0.3, -0.25) is 4.79 Å². The van der Waals surface area contributed by atoms with Crippen molar-refractivity contribution in [3.8, 4) is 0 Å². The lowest BCUT2D eigenvalue weighted by Crippen LogP contribution is -2.25. The highest BCUT2D eigenvalue weighted by molar-refractivity contribution is 5.79. The molecule has 1 atom stereocenters. The molecular weight excluding hydrogens is 238 g/mol. The van der Waals surface area contributed by atoms with Crippen molar-refractivity contribution in [1.29, 1.82) is 0 Å². The zero-order valence-corrected chi connectivity index (χ0v) is 11.8. The van der Waals surface area contributed by atoms with Gasteiger partial charge in [0, 0.05) is 5.69 Å². The predicted molar refractivity (Wildman–Crippen MR) is 77.3 cm³/mol. The number of hydrogen-bond acceptors (Lipinski definition) is 2. The molecule has 0 amide bonds. The smallest absolute Gasteiger partial charge is 0.311 e. The molecule has 104 valence electrons. The van der Waals surface area contributed by atoms with Crippen molar-refractivity contribution in [2.24, 2.45) is 5.92 Å². The average molecular weight is 261 g/mol.